The molecule has 0 aliphatic rings. The van der Waals surface area contributed by atoms with Crippen LogP contribution in [-0.4, -0.2) is 21.3 Å². The highest BCUT2D eigenvalue weighted by Gasteiger charge is 2.12. The fraction of sp³-hybridized carbons (Fsp3) is 0.800. The highest BCUT2D eigenvalue weighted by molar-refractivity contribution is 4.90. The third kappa shape index (κ3) is 2.54. The lowest BCUT2D eigenvalue weighted by Gasteiger charge is -2.14. The predicted molar refractivity (Wildman–Crippen MR) is 56.9 cm³/mol. The van der Waals surface area contributed by atoms with E-state index in [9.17, 15) is 0 Å². The lowest BCUT2D eigenvalue weighted by atomic mass is 10.0. The monoisotopic (exact) mass is 196 g/mol. The zero-order valence-electron chi connectivity index (χ0n) is 9.27. The molecule has 14 heavy (non-hydrogen) atoms. The SMILES string of the molecule is CCC(CN)Cc1nncn1C(C)C. The van der Waals surface area contributed by atoms with Crippen molar-refractivity contribution < 1.29 is 0 Å². The lowest BCUT2D eigenvalue weighted by molar-refractivity contribution is 0.474. The number of hydrogen-bond donors (Lipinski definition) is 1. The van der Waals surface area contributed by atoms with Gasteiger partial charge in [0, 0.05) is 12.5 Å². The molecule has 0 amide bonds. The Bertz CT molecular complexity index is 263. The summed E-state index contributed by atoms with van der Waals surface area (Å²) in [5, 5.41) is 8.07. The van der Waals surface area contributed by atoms with Crippen molar-refractivity contribution in [2.75, 3.05) is 6.54 Å². The van der Waals surface area contributed by atoms with Crippen molar-refractivity contribution in [3.63, 3.8) is 0 Å². The van der Waals surface area contributed by atoms with Gasteiger partial charge in [-0.3, -0.25) is 0 Å². The topological polar surface area (TPSA) is 56.7 Å². The third-order valence-corrected chi connectivity index (χ3v) is 2.59. The predicted octanol–water partition coefficient (Wildman–Crippen LogP) is 1.39. The number of aromatic nitrogens is 3. The van der Waals surface area contributed by atoms with Gasteiger partial charge in [0.25, 0.3) is 0 Å². The summed E-state index contributed by atoms with van der Waals surface area (Å²) < 4.78 is 2.11. The molecule has 1 heterocycles. The Morgan fingerprint density at radius 3 is 2.71 bits per heavy atom. The number of rotatable bonds is 5. The molecule has 4 heteroatoms. The maximum atomic E-state index is 5.67. The van der Waals surface area contributed by atoms with E-state index < -0.39 is 0 Å². The molecule has 0 aliphatic carbocycles. The van der Waals surface area contributed by atoms with Crippen LogP contribution in [0.2, 0.25) is 0 Å². The van der Waals surface area contributed by atoms with Crippen LogP contribution in [0.4, 0.5) is 0 Å². The Kier molecular flexibility index (Phi) is 4.07. The van der Waals surface area contributed by atoms with Gasteiger partial charge in [-0.15, -0.1) is 10.2 Å². The Labute approximate surface area is 85.5 Å². The third-order valence-electron chi connectivity index (χ3n) is 2.59. The van der Waals surface area contributed by atoms with Crippen LogP contribution in [0.5, 0.6) is 0 Å². The van der Waals surface area contributed by atoms with E-state index in [-0.39, 0.29) is 0 Å². The summed E-state index contributed by atoms with van der Waals surface area (Å²) in [4.78, 5) is 0. The molecule has 0 fully saturated rings. The van der Waals surface area contributed by atoms with Crippen molar-refractivity contribution in [3.8, 4) is 0 Å². The molecule has 0 spiro atoms. The van der Waals surface area contributed by atoms with Crippen LogP contribution in [0.1, 0.15) is 39.1 Å². The van der Waals surface area contributed by atoms with Crippen molar-refractivity contribution in [1.82, 2.24) is 14.8 Å². The second kappa shape index (κ2) is 5.10. The van der Waals surface area contributed by atoms with E-state index in [1.807, 2.05) is 0 Å². The maximum Gasteiger partial charge on any atom is 0.133 e. The van der Waals surface area contributed by atoms with Gasteiger partial charge in [0.1, 0.15) is 12.2 Å². The summed E-state index contributed by atoms with van der Waals surface area (Å²) in [6.45, 7) is 7.15. The van der Waals surface area contributed by atoms with Crippen molar-refractivity contribution in [3.05, 3.63) is 12.2 Å². The first-order chi connectivity index (χ1) is 6.69. The molecule has 0 aliphatic heterocycles. The minimum Gasteiger partial charge on any atom is -0.330 e. The minimum atomic E-state index is 0.426. The Morgan fingerprint density at radius 2 is 2.21 bits per heavy atom. The van der Waals surface area contributed by atoms with Crippen molar-refractivity contribution in [1.29, 1.82) is 0 Å². The fourth-order valence-corrected chi connectivity index (χ4v) is 1.50. The van der Waals surface area contributed by atoms with Crippen molar-refractivity contribution >= 4 is 0 Å². The number of hydrogen-bond acceptors (Lipinski definition) is 3. The Morgan fingerprint density at radius 1 is 1.50 bits per heavy atom. The van der Waals surface area contributed by atoms with Crippen LogP contribution in [0.25, 0.3) is 0 Å². The van der Waals surface area contributed by atoms with Gasteiger partial charge in [0.05, 0.1) is 0 Å². The molecule has 0 aromatic carbocycles. The van der Waals surface area contributed by atoms with Gasteiger partial charge in [-0.1, -0.05) is 13.3 Å². The number of nitrogens with two attached hydrogens (primary N) is 1. The van der Waals surface area contributed by atoms with E-state index in [0.29, 0.717) is 12.0 Å². The Hall–Kier alpha value is -0.900. The summed E-state index contributed by atoms with van der Waals surface area (Å²) in [6, 6.07) is 0.426. The molecular weight excluding hydrogens is 176 g/mol. The standard InChI is InChI=1S/C10H20N4/c1-4-9(6-11)5-10-13-12-7-14(10)8(2)3/h7-9H,4-6,11H2,1-3H3. The summed E-state index contributed by atoms with van der Waals surface area (Å²) in [5.41, 5.74) is 5.67. The molecule has 2 N–H and O–H groups in total. The second-order valence-corrected chi connectivity index (χ2v) is 3.96. The molecule has 1 aromatic rings. The van der Waals surface area contributed by atoms with Gasteiger partial charge < -0.3 is 10.3 Å². The number of nitrogens with zero attached hydrogens (tertiary/aromatic N) is 3. The smallest absolute Gasteiger partial charge is 0.133 e. The van der Waals surface area contributed by atoms with E-state index in [2.05, 4.69) is 35.5 Å². The van der Waals surface area contributed by atoms with Crippen LogP contribution >= 0.6 is 0 Å². The first-order valence-electron chi connectivity index (χ1n) is 5.27. The quantitative estimate of drug-likeness (QED) is 0.774. The first kappa shape index (κ1) is 11.2. The second-order valence-electron chi connectivity index (χ2n) is 3.96. The summed E-state index contributed by atoms with van der Waals surface area (Å²) >= 11 is 0. The maximum absolute atomic E-state index is 5.67. The molecule has 1 unspecified atom stereocenters. The van der Waals surface area contributed by atoms with Crippen LogP contribution in [0.15, 0.2) is 6.33 Å². The van der Waals surface area contributed by atoms with E-state index in [0.717, 1.165) is 25.2 Å². The molecule has 1 aromatic heterocycles. The molecule has 0 radical (unpaired) electrons. The van der Waals surface area contributed by atoms with Gasteiger partial charge in [-0.05, 0) is 26.3 Å². The molecule has 1 rings (SSSR count). The zero-order chi connectivity index (χ0) is 10.6. The van der Waals surface area contributed by atoms with Gasteiger partial charge in [0.2, 0.25) is 0 Å². The molecule has 0 saturated heterocycles. The van der Waals surface area contributed by atoms with Crippen LogP contribution in [0, 0.1) is 5.92 Å². The minimum absolute atomic E-state index is 0.426. The van der Waals surface area contributed by atoms with Crippen LogP contribution < -0.4 is 5.73 Å². The average Bonchev–Trinajstić information content (AvgIpc) is 2.62. The fourth-order valence-electron chi connectivity index (χ4n) is 1.50. The van der Waals surface area contributed by atoms with E-state index in [4.69, 9.17) is 5.73 Å². The van der Waals surface area contributed by atoms with Crippen molar-refractivity contribution in [2.45, 2.75) is 39.7 Å². The van der Waals surface area contributed by atoms with Gasteiger partial charge >= 0.3 is 0 Å². The van der Waals surface area contributed by atoms with Gasteiger partial charge in [-0.2, -0.15) is 0 Å². The van der Waals surface area contributed by atoms with Gasteiger partial charge in [0.15, 0.2) is 0 Å². The molecule has 0 bridgehead atoms. The molecule has 1 atom stereocenters. The van der Waals surface area contributed by atoms with Crippen LogP contribution in [-0.2, 0) is 6.42 Å². The first-order valence-corrected chi connectivity index (χ1v) is 5.27. The molecular formula is C10H20N4. The van der Waals surface area contributed by atoms with Crippen LogP contribution in [0.3, 0.4) is 0 Å². The zero-order valence-corrected chi connectivity index (χ0v) is 9.27. The normalized spacial score (nSPS) is 13.5. The highest BCUT2D eigenvalue weighted by atomic mass is 15.3. The van der Waals surface area contributed by atoms with Crippen molar-refractivity contribution in [2.24, 2.45) is 11.7 Å². The average molecular weight is 196 g/mol. The van der Waals surface area contributed by atoms with Gasteiger partial charge in [-0.25, -0.2) is 0 Å². The van der Waals surface area contributed by atoms with E-state index in [1.54, 1.807) is 6.33 Å². The van der Waals surface area contributed by atoms with E-state index >= 15 is 0 Å². The summed E-state index contributed by atoms with van der Waals surface area (Å²) in [5.74, 6) is 1.58. The molecule has 80 valence electrons. The molecule has 4 nitrogen and oxygen atoms in total. The largest absolute Gasteiger partial charge is 0.330 e. The lowest BCUT2D eigenvalue weighted by Crippen LogP contribution is -2.18. The summed E-state index contributed by atoms with van der Waals surface area (Å²) in [6.07, 6.45) is 3.83. The Balaban J connectivity index is 2.70. The highest BCUT2D eigenvalue weighted by Crippen LogP contribution is 2.12. The summed E-state index contributed by atoms with van der Waals surface area (Å²) in [7, 11) is 0. The molecule has 0 saturated carbocycles. The van der Waals surface area contributed by atoms with E-state index in [1.165, 1.54) is 0 Å².